The second-order valence-corrected chi connectivity index (χ2v) is 23.8. The second-order valence-electron chi connectivity index (χ2n) is 23.8. The van der Waals surface area contributed by atoms with E-state index in [2.05, 4.69) is 10.6 Å². The Morgan fingerprint density at radius 1 is 0.283 bits per heavy atom. The largest absolute Gasteiger partial charge is 0.394 e. The highest BCUT2D eigenvalue weighted by molar-refractivity contribution is 5.73. The van der Waals surface area contributed by atoms with Crippen LogP contribution in [0.5, 0.6) is 0 Å². The number of carbonyl (C=O) groups is 2. The topological polar surface area (TPSA) is 621 Å². The standard InChI is InChI=1S/C52H88N2O38/c1-11-23(62)29(68)33(72)48(78-11)88-40-21(53-14(4)60)46(90-42-27(66)17(7-56)81-45(77)36(42)75)84-19(9-58)38(40)86-51-37(76)43(28(67)18(8-57)82-51)91-47-22(54-15(5)61)41(89-49-34(73)30(69)24(63)12(2)79-49)39(20(10-59)85-47)87-52-44(32(71)26(65)16(6-55)83-52)92-50-35(74)31(70)25(64)13(3)80-50/h11-13,16-52,55-59,62-77H,6-10H2,1-5H3,(H,53,60)(H,54,61)/t11-,12-,13-,16+,17+,18+,19+,20+,21+,22+,23+,24+,25+,26-,27+,28-,29+,30+,31+,32-,33-,34-,35-,36+,37+,38+,39+,40+,41+,42-,43-,44+,45-,46-,47-,48-,49-,50-,51-,52-/m0/s1. The highest BCUT2D eigenvalue weighted by Crippen LogP contribution is 2.40. The summed E-state index contributed by atoms with van der Waals surface area (Å²) in [6.45, 7) is 0.301. The van der Waals surface area contributed by atoms with Gasteiger partial charge >= 0.3 is 0 Å². The first kappa shape index (κ1) is 75.3. The number of hydrogen-bond donors (Lipinski definition) is 23. The van der Waals surface area contributed by atoms with Crippen molar-refractivity contribution in [2.75, 3.05) is 33.0 Å². The van der Waals surface area contributed by atoms with Crippen LogP contribution >= 0.6 is 0 Å². The fourth-order valence-electron chi connectivity index (χ4n) is 12.1. The van der Waals surface area contributed by atoms with E-state index in [0.717, 1.165) is 13.8 Å². The molecule has 40 heteroatoms. The minimum atomic E-state index is -2.42. The molecule has 0 spiro atoms. The Balaban J connectivity index is 1.16. The Kier molecular flexibility index (Phi) is 26.2. The number of aliphatic hydroxyl groups excluding tert-OH is 21. The van der Waals surface area contributed by atoms with E-state index in [1.54, 1.807) is 0 Å². The van der Waals surface area contributed by atoms with E-state index in [4.69, 9.17) is 71.1 Å². The predicted octanol–water partition coefficient (Wildman–Crippen LogP) is -15.1. The fourth-order valence-corrected chi connectivity index (χ4v) is 12.1. The minimum Gasteiger partial charge on any atom is -0.394 e. The van der Waals surface area contributed by atoms with Crippen molar-refractivity contribution in [1.82, 2.24) is 10.6 Å². The number of rotatable bonds is 21. The van der Waals surface area contributed by atoms with E-state index in [0.29, 0.717) is 0 Å². The van der Waals surface area contributed by atoms with Crippen molar-refractivity contribution in [2.24, 2.45) is 0 Å². The van der Waals surface area contributed by atoms with E-state index in [1.807, 2.05) is 0 Å². The van der Waals surface area contributed by atoms with Crippen LogP contribution in [0.4, 0.5) is 0 Å². The van der Waals surface area contributed by atoms with Crippen LogP contribution in [0.25, 0.3) is 0 Å². The number of hydrogen-bond acceptors (Lipinski definition) is 38. The summed E-state index contributed by atoms with van der Waals surface area (Å²) in [6, 6.07) is -3.84. The molecular formula is C52H88N2O38. The van der Waals surface area contributed by atoms with E-state index in [-0.39, 0.29) is 0 Å². The maximum Gasteiger partial charge on any atom is 0.217 e. The van der Waals surface area contributed by atoms with Gasteiger partial charge in [0, 0.05) is 13.8 Å². The van der Waals surface area contributed by atoms with E-state index >= 15 is 0 Å². The minimum absolute atomic E-state index is 0.913. The maximum absolute atomic E-state index is 13.4. The van der Waals surface area contributed by atoms with Crippen LogP contribution in [0.15, 0.2) is 0 Å². The summed E-state index contributed by atoms with van der Waals surface area (Å²) >= 11 is 0. The van der Waals surface area contributed by atoms with Gasteiger partial charge in [-0.25, -0.2) is 0 Å². The zero-order valence-corrected chi connectivity index (χ0v) is 50.0. The quantitative estimate of drug-likeness (QED) is 0.0507. The van der Waals surface area contributed by atoms with Crippen molar-refractivity contribution >= 4 is 11.8 Å². The maximum atomic E-state index is 13.4. The molecule has 0 unspecified atom stereocenters. The molecule has 0 aromatic carbocycles. The van der Waals surface area contributed by atoms with Gasteiger partial charge in [0.15, 0.2) is 50.3 Å². The molecule has 8 saturated heterocycles. The van der Waals surface area contributed by atoms with Crippen LogP contribution in [0.1, 0.15) is 34.6 Å². The summed E-state index contributed by atoms with van der Waals surface area (Å²) in [4.78, 5) is 26.5. The number of carbonyl (C=O) groups excluding carboxylic acids is 2. The molecule has 0 saturated carbocycles. The van der Waals surface area contributed by atoms with Gasteiger partial charge in [0.25, 0.3) is 0 Å². The predicted molar refractivity (Wildman–Crippen MR) is 283 cm³/mol. The molecule has 23 N–H and O–H groups in total. The molecule has 2 amide bonds. The molecule has 8 rings (SSSR count). The van der Waals surface area contributed by atoms with Crippen LogP contribution in [0.3, 0.4) is 0 Å². The van der Waals surface area contributed by atoms with Crippen molar-refractivity contribution in [3.63, 3.8) is 0 Å². The SMILES string of the molecule is CC(=O)N[C@H]1[C@H](O[C@@H]2[C@@H](O)[C@@H](O)O[C@H](CO)[C@H]2O)O[C@H](CO)[C@@H](O[C@@H]2O[C@H](CO)[C@H](O)[C@H](O[C@@H]3O[C@H](CO)[C@@H](O[C@@H]4O[C@H](CO)[C@H](O)[C@H](O)[C@H]4O[C@@H]4O[C@@H](C)[C@@H](O)[C@@H](O)[C@@H]4O)[C@H](O[C@@H]4O[C@@H](C)[C@@H](O)[C@@H](O)[C@@H]4O)[C@H]3NC(C)=O)[C@H]2O)[C@@H]1O[C@@H]1O[C@@H](C)[C@@H](O)[C@@H](O)[C@@H]1O. The van der Waals surface area contributed by atoms with Crippen LogP contribution in [-0.2, 0) is 80.6 Å². The molecule has 8 heterocycles. The molecule has 8 aliphatic rings. The van der Waals surface area contributed by atoms with Gasteiger partial charge in [-0.15, -0.1) is 0 Å². The zero-order valence-electron chi connectivity index (χ0n) is 50.0. The first-order chi connectivity index (χ1) is 43.4. The lowest BCUT2D eigenvalue weighted by Gasteiger charge is -2.52. The van der Waals surface area contributed by atoms with Crippen LogP contribution in [-0.4, -0.2) is 398 Å². The van der Waals surface area contributed by atoms with E-state index in [9.17, 15) is 117 Å². The van der Waals surface area contributed by atoms with Crippen LogP contribution < -0.4 is 10.6 Å². The van der Waals surface area contributed by atoms with Gasteiger partial charge in [0.1, 0.15) is 177 Å². The Bertz CT molecular complexity index is 2330. The van der Waals surface area contributed by atoms with Crippen molar-refractivity contribution in [3.8, 4) is 0 Å². The fraction of sp³-hybridized carbons (Fsp3) is 0.962. The number of nitrogens with one attached hydrogen (secondary N) is 2. The summed E-state index contributed by atoms with van der Waals surface area (Å²) in [6.07, 6.45) is -74.1. The highest BCUT2D eigenvalue weighted by Gasteiger charge is 2.61. The molecule has 92 heavy (non-hydrogen) atoms. The summed E-state index contributed by atoms with van der Waals surface area (Å²) < 4.78 is 89.5. The van der Waals surface area contributed by atoms with Crippen LogP contribution in [0, 0.1) is 0 Å². The third-order valence-electron chi connectivity index (χ3n) is 17.3. The van der Waals surface area contributed by atoms with Crippen molar-refractivity contribution in [2.45, 2.75) is 280 Å². The summed E-state index contributed by atoms with van der Waals surface area (Å²) in [5.74, 6) is -1.88. The molecular weight excluding hydrogens is 1260 g/mol. The average Bonchev–Trinajstić information content (AvgIpc) is 0.766. The summed E-state index contributed by atoms with van der Waals surface area (Å²) in [7, 11) is 0. The smallest absolute Gasteiger partial charge is 0.217 e. The normalized spacial score (nSPS) is 52.1. The van der Waals surface area contributed by atoms with Gasteiger partial charge in [-0.2, -0.15) is 0 Å². The number of amides is 2. The average molecular weight is 1350 g/mol. The molecule has 0 bridgehead atoms. The molecule has 534 valence electrons. The first-order valence-corrected chi connectivity index (χ1v) is 29.7. The van der Waals surface area contributed by atoms with Gasteiger partial charge in [0.2, 0.25) is 11.8 Å². The summed E-state index contributed by atoms with van der Waals surface area (Å²) in [5.41, 5.74) is 0. The lowest BCUT2D eigenvalue weighted by Crippen LogP contribution is -2.72. The number of aliphatic hydroxyl groups is 21. The van der Waals surface area contributed by atoms with Gasteiger partial charge in [-0.05, 0) is 20.8 Å². The lowest BCUT2D eigenvalue weighted by atomic mass is 9.93. The van der Waals surface area contributed by atoms with Crippen molar-refractivity contribution in [3.05, 3.63) is 0 Å². The Morgan fingerprint density at radius 3 is 0.957 bits per heavy atom. The molecule has 0 aliphatic carbocycles. The second kappa shape index (κ2) is 32.0. The van der Waals surface area contributed by atoms with E-state index < -0.39 is 290 Å². The van der Waals surface area contributed by atoms with Gasteiger partial charge < -0.3 is 189 Å². The molecule has 0 radical (unpaired) electrons. The molecule has 0 aromatic heterocycles. The number of ether oxygens (including phenoxy) is 15. The molecule has 8 fully saturated rings. The lowest BCUT2D eigenvalue weighted by molar-refractivity contribution is -0.403. The van der Waals surface area contributed by atoms with Crippen molar-refractivity contribution < 1.29 is 188 Å². The van der Waals surface area contributed by atoms with Crippen molar-refractivity contribution in [1.29, 1.82) is 0 Å². The van der Waals surface area contributed by atoms with Gasteiger partial charge in [0.05, 0.1) is 51.3 Å². The first-order valence-electron chi connectivity index (χ1n) is 29.7. The van der Waals surface area contributed by atoms with E-state index in [1.165, 1.54) is 20.8 Å². The van der Waals surface area contributed by atoms with Gasteiger partial charge in [-0.1, -0.05) is 0 Å². The third-order valence-corrected chi connectivity index (χ3v) is 17.3. The third kappa shape index (κ3) is 15.8. The highest BCUT2D eigenvalue weighted by atomic mass is 16.8. The molecule has 0 aromatic rings. The summed E-state index contributed by atoms with van der Waals surface area (Å²) in [5, 5.41) is 235. The Hall–Kier alpha value is -2.50. The molecule has 8 aliphatic heterocycles. The van der Waals surface area contributed by atoms with Gasteiger partial charge in [-0.3, -0.25) is 9.59 Å². The molecule has 40 atom stereocenters. The van der Waals surface area contributed by atoms with Crippen LogP contribution in [0.2, 0.25) is 0 Å². The monoisotopic (exact) mass is 1350 g/mol. The molecule has 40 nitrogen and oxygen atoms in total. The Morgan fingerprint density at radius 2 is 0.576 bits per heavy atom. The zero-order chi connectivity index (χ0) is 67.8. The Labute approximate surface area is 522 Å².